The number of benzene rings is 1. The van der Waals surface area contributed by atoms with Gasteiger partial charge in [-0.1, -0.05) is 22.0 Å². The molecule has 84 valence electrons. The summed E-state index contributed by atoms with van der Waals surface area (Å²) < 4.78 is 0.914. The zero-order valence-corrected chi connectivity index (χ0v) is 10.0. The molecule has 4 nitrogen and oxygen atoms in total. The van der Waals surface area contributed by atoms with Gasteiger partial charge in [-0.25, -0.2) is 4.79 Å². The van der Waals surface area contributed by atoms with Crippen molar-refractivity contribution in [3.63, 3.8) is 0 Å². The molecule has 0 fully saturated rings. The smallest absolute Gasteiger partial charge is 0.352 e. The van der Waals surface area contributed by atoms with Gasteiger partial charge in [0.05, 0.1) is 0 Å². The second-order valence-corrected chi connectivity index (χ2v) is 4.43. The SMILES string of the molecule is NCCc1c(C(=O)O)[nH]c2cc(Br)ccc12. The topological polar surface area (TPSA) is 79.1 Å². The van der Waals surface area contributed by atoms with Crippen molar-refractivity contribution in [3.8, 4) is 0 Å². The number of aromatic amines is 1. The van der Waals surface area contributed by atoms with E-state index in [0.29, 0.717) is 13.0 Å². The summed E-state index contributed by atoms with van der Waals surface area (Å²) in [6.07, 6.45) is 0.559. The Hall–Kier alpha value is -1.33. The number of aromatic nitrogens is 1. The predicted octanol–water partition coefficient (Wildman–Crippen LogP) is 2.13. The quantitative estimate of drug-likeness (QED) is 0.807. The van der Waals surface area contributed by atoms with Crippen LogP contribution in [-0.2, 0) is 6.42 Å². The first-order valence-corrected chi connectivity index (χ1v) is 5.66. The Balaban J connectivity index is 2.70. The predicted molar refractivity (Wildman–Crippen MR) is 65.7 cm³/mol. The van der Waals surface area contributed by atoms with E-state index in [-0.39, 0.29) is 5.69 Å². The van der Waals surface area contributed by atoms with Gasteiger partial charge in [-0.05, 0) is 30.7 Å². The Morgan fingerprint density at radius 3 is 2.88 bits per heavy atom. The lowest BCUT2D eigenvalue weighted by atomic mass is 10.1. The van der Waals surface area contributed by atoms with Gasteiger partial charge in [0.2, 0.25) is 0 Å². The molecule has 2 rings (SSSR count). The van der Waals surface area contributed by atoms with Crippen LogP contribution in [0.25, 0.3) is 10.9 Å². The molecular formula is C11H11BrN2O2. The van der Waals surface area contributed by atoms with Gasteiger partial charge in [0.25, 0.3) is 0 Å². The van der Waals surface area contributed by atoms with Gasteiger partial charge < -0.3 is 15.8 Å². The molecule has 0 atom stereocenters. The number of fused-ring (bicyclic) bond motifs is 1. The third kappa shape index (κ3) is 1.83. The number of hydrogen-bond acceptors (Lipinski definition) is 2. The Kier molecular flexibility index (Phi) is 2.98. The third-order valence-corrected chi connectivity index (χ3v) is 2.97. The fourth-order valence-corrected chi connectivity index (χ4v) is 2.18. The molecule has 0 unspecified atom stereocenters. The molecule has 16 heavy (non-hydrogen) atoms. The first kappa shape index (κ1) is 11.2. The second kappa shape index (κ2) is 4.27. The number of halogens is 1. The van der Waals surface area contributed by atoms with Gasteiger partial charge in [0.15, 0.2) is 0 Å². The van der Waals surface area contributed by atoms with Crippen LogP contribution in [0.1, 0.15) is 16.1 Å². The molecule has 5 heteroatoms. The molecule has 0 amide bonds. The van der Waals surface area contributed by atoms with E-state index in [1.54, 1.807) is 0 Å². The van der Waals surface area contributed by atoms with Crippen molar-refractivity contribution in [3.05, 3.63) is 33.9 Å². The Labute approximate surface area is 101 Å². The fourth-order valence-electron chi connectivity index (χ4n) is 1.81. The lowest BCUT2D eigenvalue weighted by Crippen LogP contribution is -2.07. The van der Waals surface area contributed by atoms with Gasteiger partial charge in [-0.3, -0.25) is 0 Å². The molecule has 0 aliphatic carbocycles. The van der Waals surface area contributed by atoms with E-state index in [1.165, 1.54) is 0 Å². The molecular weight excluding hydrogens is 272 g/mol. The molecule has 0 saturated heterocycles. The van der Waals surface area contributed by atoms with Crippen LogP contribution in [0.15, 0.2) is 22.7 Å². The second-order valence-electron chi connectivity index (χ2n) is 3.51. The molecule has 0 radical (unpaired) electrons. The zero-order chi connectivity index (χ0) is 11.7. The van der Waals surface area contributed by atoms with Crippen molar-refractivity contribution in [2.24, 2.45) is 5.73 Å². The van der Waals surface area contributed by atoms with Crippen LogP contribution < -0.4 is 5.73 Å². The molecule has 4 N–H and O–H groups in total. The average Bonchev–Trinajstić information content (AvgIpc) is 2.57. The van der Waals surface area contributed by atoms with Crippen LogP contribution in [0.4, 0.5) is 0 Å². The molecule has 2 aromatic rings. The largest absolute Gasteiger partial charge is 0.477 e. The average molecular weight is 283 g/mol. The highest BCUT2D eigenvalue weighted by Gasteiger charge is 2.16. The number of aromatic carboxylic acids is 1. The van der Waals surface area contributed by atoms with Gasteiger partial charge in [-0.15, -0.1) is 0 Å². The van der Waals surface area contributed by atoms with Crippen molar-refractivity contribution in [2.75, 3.05) is 6.54 Å². The van der Waals surface area contributed by atoms with Crippen LogP contribution in [0.5, 0.6) is 0 Å². The normalized spacial score (nSPS) is 10.9. The van der Waals surface area contributed by atoms with Crippen LogP contribution >= 0.6 is 15.9 Å². The summed E-state index contributed by atoms with van der Waals surface area (Å²) in [6.45, 7) is 0.434. The molecule has 0 spiro atoms. The fraction of sp³-hybridized carbons (Fsp3) is 0.182. The van der Waals surface area contributed by atoms with E-state index in [9.17, 15) is 4.79 Å². The Bertz CT molecular complexity index is 548. The molecule has 1 heterocycles. The number of rotatable bonds is 3. The number of H-pyrrole nitrogens is 1. The summed E-state index contributed by atoms with van der Waals surface area (Å²) in [4.78, 5) is 14.0. The maximum Gasteiger partial charge on any atom is 0.352 e. The lowest BCUT2D eigenvalue weighted by Gasteiger charge is -1.98. The molecule has 0 aliphatic rings. The minimum Gasteiger partial charge on any atom is -0.477 e. The summed E-state index contributed by atoms with van der Waals surface area (Å²) in [5.74, 6) is -0.948. The molecule has 0 saturated carbocycles. The van der Waals surface area contributed by atoms with Gasteiger partial charge >= 0.3 is 5.97 Å². The third-order valence-electron chi connectivity index (χ3n) is 2.48. The number of nitrogens with two attached hydrogens (primary N) is 1. The summed E-state index contributed by atoms with van der Waals surface area (Å²) in [7, 11) is 0. The molecule has 0 bridgehead atoms. The highest BCUT2D eigenvalue weighted by molar-refractivity contribution is 9.10. The van der Waals surface area contributed by atoms with Crippen LogP contribution in [0.3, 0.4) is 0 Å². The standard InChI is InChI=1S/C11H11BrN2O2/c12-6-1-2-7-8(3-4-13)10(11(15)16)14-9(7)5-6/h1-2,5,14H,3-4,13H2,(H,15,16). The Morgan fingerprint density at radius 1 is 1.50 bits per heavy atom. The van der Waals surface area contributed by atoms with Crippen LogP contribution in [-0.4, -0.2) is 22.6 Å². The number of hydrogen-bond donors (Lipinski definition) is 3. The number of carbonyl (C=O) groups is 1. The number of nitrogens with one attached hydrogen (secondary N) is 1. The Morgan fingerprint density at radius 2 is 2.25 bits per heavy atom. The van der Waals surface area contributed by atoms with E-state index in [0.717, 1.165) is 20.9 Å². The minimum atomic E-state index is -0.948. The van der Waals surface area contributed by atoms with Crippen molar-refractivity contribution in [2.45, 2.75) is 6.42 Å². The van der Waals surface area contributed by atoms with Crippen molar-refractivity contribution >= 4 is 32.8 Å². The van der Waals surface area contributed by atoms with E-state index < -0.39 is 5.97 Å². The van der Waals surface area contributed by atoms with Crippen LogP contribution in [0.2, 0.25) is 0 Å². The molecule has 0 aliphatic heterocycles. The summed E-state index contributed by atoms with van der Waals surface area (Å²) in [5.41, 5.74) is 7.32. The van der Waals surface area contributed by atoms with Crippen molar-refractivity contribution < 1.29 is 9.90 Å². The molecule has 1 aromatic heterocycles. The maximum absolute atomic E-state index is 11.1. The first-order valence-electron chi connectivity index (χ1n) is 4.87. The minimum absolute atomic E-state index is 0.235. The van der Waals surface area contributed by atoms with Crippen molar-refractivity contribution in [1.82, 2.24) is 4.98 Å². The van der Waals surface area contributed by atoms with Crippen LogP contribution in [0, 0.1) is 0 Å². The summed E-state index contributed by atoms with van der Waals surface area (Å²) >= 11 is 3.35. The lowest BCUT2D eigenvalue weighted by molar-refractivity contribution is 0.0690. The van der Waals surface area contributed by atoms with E-state index >= 15 is 0 Å². The summed E-state index contributed by atoms with van der Waals surface area (Å²) in [6, 6.07) is 5.65. The highest BCUT2D eigenvalue weighted by Crippen LogP contribution is 2.25. The maximum atomic E-state index is 11.1. The van der Waals surface area contributed by atoms with E-state index in [4.69, 9.17) is 10.8 Å². The van der Waals surface area contributed by atoms with E-state index in [2.05, 4.69) is 20.9 Å². The van der Waals surface area contributed by atoms with E-state index in [1.807, 2.05) is 18.2 Å². The summed E-state index contributed by atoms with van der Waals surface area (Å²) in [5, 5.41) is 10.0. The zero-order valence-electron chi connectivity index (χ0n) is 8.46. The number of carboxylic acids is 1. The first-order chi connectivity index (χ1) is 7.63. The monoisotopic (exact) mass is 282 g/mol. The van der Waals surface area contributed by atoms with Crippen molar-refractivity contribution in [1.29, 1.82) is 0 Å². The number of carboxylic acid groups (broad SMARTS) is 1. The molecule has 1 aromatic carbocycles. The highest BCUT2D eigenvalue weighted by atomic mass is 79.9. The van der Waals surface area contributed by atoms with Gasteiger partial charge in [-0.2, -0.15) is 0 Å². The van der Waals surface area contributed by atoms with Gasteiger partial charge in [0, 0.05) is 15.4 Å². The van der Waals surface area contributed by atoms with Gasteiger partial charge in [0.1, 0.15) is 5.69 Å².